The molecule has 1 atom stereocenters. The Morgan fingerprint density at radius 2 is 2.05 bits per heavy atom. The van der Waals surface area contributed by atoms with Gasteiger partial charge in [-0.05, 0) is 26.2 Å². The van der Waals surface area contributed by atoms with E-state index in [1.807, 2.05) is 6.08 Å². The van der Waals surface area contributed by atoms with Gasteiger partial charge in [0.25, 0.3) is 0 Å². The number of carboxylic acids is 1. The van der Waals surface area contributed by atoms with Crippen LogP contribution in [0.3, 0.4) is 0 Å². The van der Waals surface area contributed by atoms with Gasteiger partial charge in [0.1, 0.15) is 0 Å². The van der Waals surface area contributed by atoms with Gasteiger partial charge in [-0.3, -0.25) is 10.1 Å². The maximum absolute atomic E-state index is 12.7. The minimum absolute atomic E-state index is 0.497. The fourth-order valence-electron chi connectivity index (χ4n) is 1.79. The van der Waals surface area contributed by atoms with Gasteiger partial charge >= 0.3 is 12.1 Å². The van der Waals surface area contributed by atoms with Gasteiger partial charge in [0, 0.05) is 12.7 Å². The molecule has 114 valence electrons. The summed E-state index contributed by atoms with van der Waals surface area (Å²) in [7, 11) is 1.47. The highest BCUT2D eigenvalue weighted by molar-refractivity contribution is 5.83. The Balaban J connectivity index is 2.69. The number of carbonyl (C=O) groups is 2. The van der Waals surface area contributed by atoms with E-state index < -0.39 is 30.1 Å². The predicted octanol–water partition coefficient (Wildman–Crippen LogP) is 1.51. The average molecular weight is 294 g/mol. The van der Waals surface area contributed by atoms with Crippen molar-refractivity contribution in [3.05, 3.63) is 11.8 Å². The first-order valence-electron chi connectivity index (χ1n) is 6.10. The molecule has 2 N–H and O–H groups in total. The summed E-state index contributed by atoms with van der Waals surface area (Å²) in [5, 5.41) is 10.5. The summed E-state index contributed by atoms with van der Waals surface area (Å²) in [6.45, 7) is -0.201. The highest BCUT2D eigenvalue weighted by Gasteiger charge is 2.57. The molecule has 1 amide bonds. The molecule has 0 saturated heterocycles. The van der Waals surface area contributed by atoms with Crippen LogP contribution in [0.25, 0.3) is 0 Å². The number of nitrogens with zero attached hydrogens (tertiary/aromatic N) is 1. The summed E-state index contributed by atoms with van der Waals surface area (Å²) in [6.07, 6.45) is -0.731. The number of carboxylic acid groups (broad SMARTS) is 1. The molecule has 5 nitrogen and oxygen atoms in total. The highest BCUT2D eigenvalue weighted by atomic mass is 19.4. The summed E-state index contributed by atoms with van der Waals surface area (Å²) < 4.78 is 38.2. The molecule has 0 bridgehead atoms. The Morgan fingerprint density at radius 3 is 2.45 bits per heavy atom. The van der Waals surface area contributed by atoms with Gasteiger partial charge in [-0.1, -0.05) is 6.08 Å². The summed E-state index contributed by atoms with van der Waals surface area (Å²) in [5.74, 6) is -2.67. The lowest BCUT2D eigenvalue weighted by atomic mass is 10.0. The van der Waals surface area contributed by atoms with Crippen LogP contribution >= 0.6 is 0 Å². The maximum atomic E-state index is 12.7. The van der Waals surface area contributed by atoms with Gasteiger partial charge in [-0.15, -0.1) is 0 Å². The SMILES string of the molecule is CN(C(=O)CNC(C)(C(=O)O)C(F)(F)F)C1=CCCC1. The summed E-state index contributed by atoms with van der Waals surface area (Å²) >= 11 is 0. The fourth-order valence-corrected chi connectivity index (χ4v) is 1.79. The van der Waals surface area contributed by atoms with Crippen molar-refractivity contribution in [2.75, 3.05) is 13.6 Å². The van der Waals surface area contributed by atoms with E-state index in [0.717, 1.165) is 18.5 Å². The first-order chi connectivity index (χ1) is 9.09. The number of alkyl halides is 3. The Morgan fingerprint density at radius 1 is 1.45 bits per heavy atom. The van der Waals surface area contributed by atoms with Crippen LogP contribution in [-0.2, 0) is 9.59 Å². The normalized spacial score (nSPS) is 18.4. The van der Waals surface area contributed by atoms with Gasteiger partial charge < -0.3 is 10.0 Å². The van der Waals surface area contributed by atoms with Gasteiger partial charge in [0.15, 0.2) is 0 Å². The molecule has 0 fully saturated rings. The van der Waals surface area contributed by atoms with Crippen molar-refractivity contribution < 1.29 is 27.9 Å². The molecule has 0 heterocycles. The molecule has 8 heteroatoms. The lowest BCUT2D eigenvalue weighted by molar-refractivity contribution is -0.205. The standard InChI is InChI=1S/C12H17F3N2O3/c1-11(10(19)20,12(13,14)15)16-7-9(18)17(2)8-5-3-4-6-8/h5,16H,3-4,6-7H2,1-2H3,(H,19,20). The molecule has 1 unspecified atom stereocenters. The maximum Gasteiger partial charge on any atom is 0.417 e. The summed E-state index contributed by atoms with van der Waals surface area (Å²) in [4.78, 5) is 23.8. The number of hydrogen-bond donors (Lipinski definition) is 2. The zero-order valence-electron chi connectivity index (χ0n) is 11.3. The van der Waals surface area contributed by atoms with Gasteiger partial charge in [-0.2, -0.15) is 13.2 Å². The Labute approximate surface area is 114 Å². The average Bonchev–Trinajstić information content (AvgIpc) is 2.86. The molecule has 0 aromatic carbocycles. The highest BCUT2D eigenvalue weighted by Crippen LogP contribution is 2.30. The molecule has 1 rings (SSSR count). The summed E-state index contributed by atoms with van der Waals surface area (Å²) in [5.41, 5.74) is -2.39. The first kappa shape index (κ1) is 16.5. The lowest BCUT2D eigenvalue weighted by Gasteiger charge is -2.29. The van der Waals surface area contributed by atoms with Crippen LogP contribution in [0.2, 0.25) is 0 Å². The van der Waals surface area contributed by atoms with Crippen LogP contribution in [-0.4, -0.2) is 47.2 Å². The van der Waals surface area contributed by atoms with E-state index in [0.29, 0.717) is 13.3 Å². The van der Waals surface area contributed by atoms with Crippen molar-refractivity contribution in [1.82, 2.24) is 10.2 Å². The molecule has 0 aromatic heterocycles. The molecule has 1 aliphatic rings. The quantitative estimate of drug-likeness (QED) is 0.806. The molecular weight excluding hydrogens is 277 g/mol. The number of hydrogen-bond acceptors (Lipinski definition) is 3. The van der Waals surface area contributed by atoms with Crippen molar-refractivity contribution in [3.63, 3.8) is 0 Å². The topological polar surface area (TPSA) is 69.6 Å². The van der Waals surface area contributed by atoms with E-state index in [1.165, 1.54) is 11.9 Å². The van der Waals surface area contributed by atoms with Crippen LogP contribution in [0.1, 0.15) is 26.2 Å². The molecule has 0 spiro atoms. The lowest BCUT2D eigenvalue weighted by Crippen LogP contribution is -2.61. The molecule has 0 saturated carbocycles. The Kier molecular flexibility index (Phi) is 4.80. The molecule has 0 aromatic rings. The van der Waals surface area contributed by atoms with Gasteiger partial charge in [0.2, 0.25) is 11.4 Å². The van der Waals surface area contributed by atoms with Crippen molar-refractivity contribution in [2.24, 2.45) is 0 Å². The molecular formula is C12H17F3N2O3. The van der Waals surface area contributed by atoms with Crippen LogP contribution in [0.4, 0.5) is 13.2 Å². The third kappa shape index (κ3) is 3.30. The second kappa shape index (κ2) is 5.82. The second-order valence-electron chi connectivity index (χ2n) is 4.82. The van der Waals surface area contributed by atoms with Crippen molar-refractivity contribution in [2.45, 2.75) is 37.9 Å². The molecule has 0 aliphatic heterocycles. The largest absolute Gasteiger partial charge is 0.480 e. The molecule has 1 aliphatic carbocycles. The zero-order valence-corrected chi connectivity index (χ0v) is 11.3. The van der Waals surface area contributed by atoms with E-state index in [4.69, 9.17) is 5.11 Å². The number of likely N-dealkylation sites (N-methyl/N-ethyl adjacent to an activating group) is 1. The van der Waals surface area contributed by atoms with Crippen molar-refractivity contribution in [1.29, 1.82) is 0 Å². The number of aliphatic carboxylic acids is 1. The van der Waals surface area contributed by atoms with Crippen LogP contribution in [0.15, 0.2) is 11.8 Å². The number of allylic oxidation sites excluding steroid dienone is 2. The predicted molar refractivity (Wildman–Crippen MR) is 64.8 cm³/mol. The number of carbonyl (C=O) groups excluding carboxylic acids is 1. The van der Waals surface area contributed by atoms with E-state index in [-0.39, 0.29) is 0 Å². The third-order valence-electron chi connectivity index (χ3n) is 3.41. The van der Waals surface area contributed by atoms with Crippen molar-refractivity contribution in [3.8, 4) is 0 Å². The third-order valence-corrected chi connectivity index (χ3v) is 3.41. The van der Waals surface area contributed by atoms with Crippen LogP contribution < -0.4 is 5.32 Å². The monoisotopic (exact) mass is 294 g/mol. The minimum Gasteiger partial charge on any atom is -0.480 e. The van der Waals surface area contributed by atoms with Crippen LogP contribution in [0, 0.1) is 0 Å². The zero-order chi connectivity index (χ0) is 15.6. The van der Waals surface area contributed by atoms with E-state index in [2.05, 4.69) is 0 Å². The van der Waals surface area contributed by atoms with Gasteiger partial charge in [-0.25, -0.2) is 4.79 Å². The number of halogens is 3. The number of nitrogens with one attached hydrogen (secondary N) is 1. The minimum atomic E-state index is -5.00. The van der Waals surface area contributed by atoms with Gasteiger partial charge in [0.05, 0.1) is 6.54 Å². The fraction of sp³-hybridized carbons (Fsp3) is 0.667. The number of rotatable bonds is 5. The summed E-state index contributed by atoms with van der Waals surface area (Å²) in [6, 6.07) is 0. The Hall–Kier alpha value is -1.57. The van der Waals surface area contributed by atoms with E-state index in [1.54, 1.807) is 5.32 Å². The second-order valence-corrected chi connectivity index (χ2v) is 4.82. The number of amides is 1. The molecule has 0 radical (unpaired) electrons. The smallest absolute Gasteiger partial charge is 0.417 e. The van der Waals surface area contributed by atoms with Crippen molar-refractivity contribution >= 4 is 11.9 Å². The first-order valence-corrected chi connectivity index (χ1v) is 6.10. The van der Waals surface area contributed by atoms with Crippen LogP contribution in [0.5, 0.6) is 0 Å². The Bertz CT molecular complexity index is 434. The molecule has 20 heavy (non-hydrogen) atoms. The van der Waals surface area contributed by atoms with E-state index in [9.17, 15) is 22.8 Å². The van der Waals surface area contributed by atoms with E-state index >= 15 is 0 Å².